The lowest BCUT2D eigenvalue weighted by Crippen LogP contribution is -2.02. The highest BCUT2D eigenvalue weighted by Crippen LogP contribution is 2.24. The molecule has 0 fully saturated rings. The second-order valence-corrected chi connectivity index (χ2v) is 4.57. The highest BCUT2D eigenvalue weighted by atomic mass is 32.1. The van der Waals surface area contributed by atoms with E-state index in [1.165, 1.54) is 17.4 Å². The first-order chi connectivity index (χ1) is 8.58. The van der Waals surface area contributed by atoms with Crippen LogP contribution in [0.2, 0.25) is 0 Å². The zero-order chi connectivity index (χ0) is 13.1. The van der Waals surface area contributed by atoms with Gasteiger partial charge in [0.25, 0.3) is 5.69 Å². The van der Waals surface area contributed by atoms with Crippen molar-refractivity contribution in [3.05, 3.63) is 50.5 Å². The summed E-state index contributed by atoms with van der Waals surface area (Å²) in [6.07, 6.45) is 0. The van der Waals surface area contributed by atoms with Crippen LogP contribution in [-0.2, 0) is 6.54 Å². The van der Waals surface area contributed by atoms with Crippen LogP contribution in [0.4, 0.5) is 21.5 Å². The number of benzene rings is 1. The topological polar surface area (TPSA) is 81.2 Å². The molecule has 0 saturated heterocycles. The Hall–Kier alpha value is -2.15. The predicted molar refractivity (Wildman–Crippen MR) is 69.1 cm³/mol. The van der Waals surface area contributed by atoms with Crippen molar-refractivity contribution in [2.24, 2.45) is 0 Å². The van der Waals surface area contributed by atoms with E-state index in [0.29, 0.717) is 12.2 Å². The monoisotopic (exact) mass is 267 g/mol. The highest BCUT2D eigenvalue weighted by molar-refractivity contribution is 7.10. The summed E-state index contributed by atoms with van der Waals surface area (Å²) in [6, 6.07) is 5.11. The van der Waals surface area contributed by atoms with Gasteiger partial charge in [-0.2, -0.15) is 0 Å². The Balaban J connectivity index is 2.16. The molecule has 0 aliphatic rings. The van der Waals surface area contributed by atoms with Crippen LogP contribution in [0.1, 0.15) is 4.88 Å². The number of hydrogen-bond donors (Lipinski definition) is 2. The van der Waals surface area contributed by atoms with Crippen molar-refractivity contribution in [3.8, 4) is 0 Å². The van der Waals surface area contributed by atoms with Gasteiger partial charge in [0.1, 0.15) is 5.82 Å². The number of non-ortho nitro benzene ring substituents is 1. The maximum absolute atomic E-state index is 13.4. The van der Waals surface area contributed by atoms with Crippen molar-refractivity contribution < 1.29 is 9.31 Å². The Morgan fingerprint density at radius 3 is 2.83 bits per heavy atom. The van der Waals surface area contributed by atoms with Crippen LogP contribution >= 0.6 is 11.3 Å². The van der Waals surface area contributed by atoms with Crippen molar-refractivity contribution in [1.29, 1.82) is 0 Å². The lowest BCUT2D eigenvalue weighted by atomic mass is 10.2. The summed E-state index contributed by atoms with van der Waals surface area (Å²) >= 11 is 1.44. The van der Waals surface area contributed by atoms with Crippen molar-refractivity contribution >= 4 is 28.4 Å². The van der Waals surface area contributed by atoms with Gasteiger partial charge in [0.05, 0.1) is 17.2 Å². The zero-order valence-corrected chi connectivity index (χ0v) is 10.0. The third-order valence-electron chi connectivity index (χ3n) is 2.38. The molecular weight excluding hydrogens is 257 g/mol. The largest absolute Gasteiger partial charge is 0.398 e. The summed E-state index contributed by atoms with van der Waals surface area (Å²) < 4.78 is 13.4. The van der Waals surface area contributed by atoms with E-state index in [4.69, 9.17) is 5.73 Å². The van der Waals surface area contributed by atoms with Gasteiger partial charge in [-0.05, 0) is 17.5 Å². The average Bonchev–Trinajstić information content (AvgIpc) is 2.73. The van der Waals surface area contributed by atoms with E-state index in [2.05, 4.69) is 5.32 Å². The Morgan fingerprint density at radius 2 is 2.22 bits per heavy atom. The molecule has 3 N–H and O–H groups in total. The van der Waals surface area contributed by atoms with Crippen molar-refractivity contribution in [3.63, 3.8) is 0 Å². The first-order valence-electron chi connectivity index (χ1n) is 5.07. The third-order valence-corrected chi connectivity index (χ3v) is 3.32. The van der Waals surface area contributed by atoms with Gasteiger partial charge in [-0.3, -0.25) is 10.1 Å². The highest BCUT2D eigenvalue weighted by Gasteiger charge is 2.11. The number of nitrogens with zero attached hydrogens (tertiary/aromatic N) is 1. The average molecular weight is 267 g/mol. The number of halogens is 1. The summed E-state index contributed by atoms with van der Waals surface area (Å²) in [5, 5.41) is 15.2. The number of anilines is 2. The van der Waals surface area contributed by atoms with Crippen LogP contribution in [0.3, 0.4) is 0 Å². The van der Waals surface area contributed by atoms with Crippen molar-refractivity contribution in [2.45, 2.75) is 6.54 Å². The zero-order valence-electron chi connectivity index (χ0n) is 9.22. The molecule has 0 amide bonds. The fourth-order valence-corrected chi connectivity index (χ4v) is 2.17. The number of hydrogen-bond acceptors (Lipinski definition) is 5. The van der Waals surface area contributed by atoms with Crippen molar-refractivity contribution in [2.75, 3.05) is 11.1 Å². The van der Waals surface area contributed by atoms with Gasteiger partial charge in [-0.1, -0.05) is 0 Å². The molecule has 7 heteroatoms. The van der Waals surface area contributed by atoms with Crippen LogP contribution < -0.4 is 11.1 Å². The third kappa shape index (κ3) is 2.57. The van der Waals surface area contributed by atoms with Crippen LogP contribution in [0.25, 0.3) is 0 Å². The number of nitrogens with two attached hydrogens (primary N) is 1. The summed E-state index contributed by atoms with van der Waals surface area (Å²) in [6.45, 7) is 0.335. The molecule has 0 saturated carbocycles. The fraction of sp³-hybridized carbons (Fsp3) is 0.0909. The number of nitrogens with one attached hydrogen (secondary N) is 1. The van der Waals surface area contributed by atoms with E-state index in [0.717, 1.165) is 17.0 Å². The SMILES string of the molecule is Nc1ccsc1CNc1cc([N+](=O)[O-])ccc1F. The molecule has 5 nitrogen and oxygen atoms in total. The molecule has 1 heterocycles. The van der Waals surface area contributed by atoms with Crippen LogP contribution in [-0.4, -0.2) is 4.92 Å². The molecule has 0 atom stereocenters. The maximum atomic E-state index is 13.4. The van der Waals surface area contributed by atoms with Crippen LogP contribution in [0, 0.1) is 15.9 Å². The van der Waals surface area contributed by atoms with Gasteiger partial charge in [0.2, 0.25) is 0 Å². The second kappa shape index (κ2) is 5.01. The van der Waals surface area contributed by atoms with Crippen LogP contribution in [0.15, 0.2) is 29.6 Å². The number of rotatable bonds is 4. The van der Waals surface area contributed by atoms with E-state index < -0.39 is 10.7 Å². The minimum absolute atomic E-state index is 0.0944. The molecule has 94 valence electrons. The summed E-state index contributed by atoms with van der Waals surface area (Å²) in [5.41, 5.74) is 6.25. The summed E-state index contributed by atoms with van der Waals surface area (Å²) in [7, 11) is 0. The minimum atomic E-state index is -0.565. The van der Waals surface area contributed by atoms with Gasteiger partial charge < -0.3 is 11.1 Å². The predicted octanol–water partition coefficient (Wildman–Crippen LogP) is 2.99. The molecule has 0 bridgehead atoms. The number of nitro benzene ring substituents is 1. The lowest BCUT2D eigenvalue weighted by molar-refractivity contribution is -0.384. The van der Waals surface area contributed by atoms with E-state index in [1.807, 2.05) is 5.38 Å². The van der Waals surface area contributed by atoms with Crippen molar-refractivity contribution in [1.82, 2.24) is 0 Å². The molecule has 0 unspecified atom stereocenters. The first-order valence-corrected chi connectivity index (χ1v) is 5.95. The molecule has 1 aromatic heterocycles. The van der Waals surface area contributed by atoms with Gasteiger partial charge in [0.15, 0.2) is 0 Å². The Kier molecular flexibility index (Phi) is 3.42. The molecule has 18 heavy (non-hydrogen) atoms. The summed E-state index contributed by atoms with van der Waals surface area (Å²) in [4.78, 5) is 10.9. The smallest absolute Gasteiger partial charge is 0.271 e. The van der Waals surface area contributed by atoms with E-state index in [1.54, 1.807) is 6.07 Å². The minimum Gasteiger partial charge on any atom is -0.398 e. The van der Waals surface area contributed by atoms with E-state index in [-0.39, 0.29) is 11.4 Å². The quantitative estimate of drug-likeness (QED) is 0.659. The van der Waals surface area contributed by atoms with E-state index >= 15 is 0 Å². The molecule has 0 aliphatic heterocycles. The maximum Gasteiger partial charge on any atom is 0.271 e. The molecule has 2 rings (SSSR count). The number of nitrogen functional groups attached to an aromatic ring is 1. The Bertz CT molecular complexity index is 585. The Labute approximate surface area is 106 Å². The van der Waals surface area contributed by atoms with Crippen LogP contribution in [0.5, 0.6) is 0 Å². The fourth-order valence-electron chi connectivity index (χ4n) is 1.43. The molecule has 0 spiro atoms. The standard InChI is InChI=1S/C11H10FN3O2S/c12-8-2-1-7(15(16)17)5-10(8)14-6-11-9(13)3-4-18-11/h1-5,14H,6,13H2. The molecule has 0 radical (unpaired) electrons. The van der Waals surface area contributed by atoms with Gasteiger partial charge in [-0.15, -0.1) is 11.3 Å². The Morgan fingerprint density at radius 1 is 1.44 bits per heavy atom. The van der Waals surface area contributed by atoms with Gasteiger partial charge in [0, 0.05) is 22.7 Å². The first kappa shape index (κ1) is 12.3. The second-order valence-electron chi connectivity index (χ2n) is 3.57. The molecule has 2 aromatic rings. The molecule has 0 aliphatic carbocycles. The molecular formula is C11H10FN3O2S. The number of nitro groups is 1. The van der Waals surface area contributed by atoms with Gasteiger partial charge in [-0.25, -0.2) is 4.39 Å². The van der Waals surface area contributed by atoms with Gasteiger partial charge >= 0.3 is 0 Å². The molecule has 1 aromatic carbocycles. The van der Waals surface area contributed by atoms with E-state index in [9.17, 15) is 14.5 Å². The number of thiophene rings is 1. The normalized spacial score (nSPS) is 10.3. The summed E-state index contributed by atoms with van der Waals surface area (Å²) in [5.74, 6) is -0.532. The lowest BCUT2D eigenvalue weighted by Gasteiger charge is -2.06.